The number of oxime groups is 1. The standard InChI is InChI=1S/C28H30F2N4O6/c1-14(2)27(38)39-24-22-26(37)33-13-21(28(8-7-16(33)4)10-15(3)32-40-28)34(22)12-19(23(24)35)25(36)31-11-17-5-6-18(29)9-20(17)30/h5-6,9,12,14,16,21H,7-8,10-11,13H2,1-4H3,(H,31,36)/t16-,21+,28-/m0/s1. The number of aromatic nitrogens is 1. The highest BCUT2D eigenvalue weighted by molar-refractivity contribution is 6.00. The molecule has 0 unspecified atom stereocenters. The third-order valence-corrected chi connectivity index (χ3v) is 7.80. The third-order valence-electron chi connectivity index (χ3n) is 7.80. The van der Waals surface area contributed by atoms with Crippen LogP contribution in [0.5, 0.6) is 5.75 Å². The average molecular weight is 557 g/mol. The van der Waals surface area contributed by atoms with Crippen molar-refractivity contribution in [3.05, 3.63) is 63.1 Å². The van der Waals surface area contributed by atoms with Gasteiger partial charge in [-0.2, -0.15) is 0 Å². The SMILES string of the molecule is CC1=NO[C@@]2(CC[C@H](C)N3C[C@H]2n2cc(C(=O)NCc4ccc(F)cc4F)c(=O)c(OC(=O)C(C)C)c2C3=O)C1. The first-order chi connectivity index (χ1) is 18.9. The van der Waals surface area contributed by atoms with Gasteiger partial charge < -0.3 is 24.4 Å². The molecule has 1 spiro atoms. The Hall–Kier alpha value is -4.09. The van der Waals surface area contributed by atoms with E-state index >= 15 is 0 Å². The highest BCUT2D eigenvalue weighted by atomic mass is 19.1. The number of carbonyl (C=O) groups excluding carboxylic acids is 3. The first kappa shape index (κ1) is 27.5. The molecule has 0 aliphatic carbocycles. The van der Waals surface area contributed by atoms with Gasteiger partial charge in [0.1, 0.15) is 17.2 Å². The number of halogens is 2. The van der Waals surface area contributed by atoms with E-state index in [4.69, 9.17) is 9.57 Å². The predicted octanol–water partition coefficient (Wildman–Crippen LogP) is 3.33. The quantitative estimate of drug-likeness (QED) is 0.565. The number of esters is 1. The van der Waals surface area contributed by atoms with Crippen molar-refractivity contribution in [1.29, 1.82) is 0 Å². The number of hydrogen-bond acceptors (Lipinski definition) is 7. The molecular weight excluding hydrogens is 526 g/mol. The van der Waals surface area contributed by atoms with Crippen LogP contribution in [0.4, 0.5) is 8.78 Å². The molecule has 1 fully saturated rings. The third kappa shape index (κ3) is 4.65. The lowest BCUT2D eigenvalue weighted by molar-refractivity contribution is -0.137. The maximum absolute atomic E-state index is 14.2. The molecule has 3 aliphatic heterocycles. The van der Waals surface area contributed by atoms with E-state index in [0.29, 0.717) is 25.3 Å². The Bertz CT molecular complexity index is 1500. The lowest BCUT2D eigenvalue weighted by Gasteiger charge is -2.42. The molecule has 40 heavy (non-hydrogen) atoms. The van der Waals surface area contributed by atoms with Gasteiger partial charge in [0.25, 0.3) is 11.8 Å². The first-order valence-electron chi connectivity index (χ1n) is 13.2. The van der Waals surface area contributed by atoms with Gasteiger partial charge in [-0.15, -0.1) is 0 Å². The van der Waals surface area contributed by atoms with E-state index in [2.05, 4.69) is 10.5 Å². The second kappa shape index (κ2) is 10.1. The van der Waals surface area contributed by atoms with Crippen molar-refractivity contribution in [2.45, 2.75) is 71.2 Å². The molecule has 1 aromatic heterocycles. The van der Waals surface area contributed by atoms with Gasteiger partial charge in [-0.1, -0.05) is 25.1 Å². The van der Waals surface area contributed by atoms with Crippen LogP contribution < -0.4 is 15.5 Å². The van der Waals surface area contributed by atoms with Gasteiger partial charge in [0.15, 0.2) is 11.3 Å². The average Bonchev–Trinajstić information content (AvgIpc) is 3.23. The van der Waals surface area contributed by atoms with Crippen molar-refractivity contribution < 1.29 is 32.7 Å². The molecule has 2 amide bonds. The summed E-state index contributed by atoms with van der Waals surface area (Å²) in [6.07, 6.45) is 2.92. The van der Waals surface area contributed by atoms with Crippen molar-refractivity contribution >= 4 is 23.5 Å². The van der Waals surface area contributed by atoms with Crippen LogP contribution in [0, 0.1) is 17.6 Å². The molecule has 4 heterocycles. The highest BCUT2D eigenvalue weighted by Crippen LogP contribution is 2.46. The zero-order valence-electron chi connectivity index (χ0n) is 22.6. The van der Waals surface area contributed by atoms with E-state index in [-0.39, 0.29) is 30.4 Å². The summed E-state index contributed by atoms with van der Waals surface area (Å²) in [5, 5.41) is 6.65. The minimum Gasteiger partial charge on any atom is -0.420 e. The molecule has 3 aliphatic rings. The van der Waals surface area contributed by atoms with Gasteiger partial charge in [0.05, 0.1) is 17.7 Å². The Morgan fingerprint density at radius 1 is 1.27 bits per heavy atom. The summed E-state index contributed by atoms with van der Waals surface area (Å²) in [5.41, 5.74) is -1.56. The zero-order valence-corrected chi connectivity index (χ0v) is 22.6. The molecule has 10 nitrogen and oxygen atoms in total. The highest BCUT2D eigenvalue weighted by Gasteiger charge is 2.54. The number of nitrogens with one attached hydrogen (secondary N) is 1. The van der Waals surface area contributed by atoms with Crippen LogP contribution in [-0.2, 0) is 16.2 Å². The molecule has 3 atom stereocenters. The van der Waals surface area contributed by atoms with Crippen molar-refractivity contribution in [3.63, 3.8) is 0 Å². The van der Waals surface area contributed by atoms with Crippen LogP contribution >= 0.6 is 0 Å². The molecule has 1 N–H and O–H groups in total. The van der Waals surface area contributed by atoms with Gasteiger partial charge in [-0.05, 0) is 32.8 Å². The maximum Gasteiger partial charge on any atom is 0.313 e. The van der Waals surface area contributed by atoms with E-state index in [1.54, 1.807) is 18.7 Å². The number of benzene rings is 1. The van der Waals surface area contributed by atoms with Crippen molar-refractivity contribution in [2.24, 2.45) is 11.1 Å². The number of fused-ring (bicyclic) bond motifs is 5. The second-order valence-corrected chi connectivity index (χ2v) is 11.0. The Kier molecular flexibility index (Phi) is 6.97. The smallest absolute Gasteiger partial charge is 0.313 e. The Morgan fingerprint density at radius 2 is 2.02 bits per heavy atom. The Labute approximate surface area is 228 Å². The monoisotopic (exact) mass is 556 g/mol. The minimum absolute atomic E-state index is 0.00813. The fraction of sp³-hybridized carbons (Fsp3) is 0.464. The van der Waals surface area contributed by atoms with Crippen LogP contribution in [0.2, 0.25) is 0 Å². The molecule has 1 saturated heterocycles. The first-order valence-corrected chi connectivity index (χ1v) is 13.2. The van der Waals surface area contributed by atoms with E-state index in [9.17, 15) is 28.0 Å². The number of nitrogens with zero attached hydrogens (tertiary/aromatic N) is 3. The van der Waals surface area contributed by atoms with E-state index in [1.165, 1.54) is 16.8 Å². The number of hydrogen-bond donors (Lipinski definition) is 1. The largest absolute Gasteiger partial charge is 0.420 e. The molecule has 0 saturated carbocycles. The molecule has 2 aromatic rings. The van der Waals surface area contributed by atoms with Gasteiger partial charge in [-0.25, -0.2) is 8.78 Å². The van der Waals surface area contributed by atoms with Crippen molar-refractivity contribution in [2.75, 3.05) is 6.54 Å². The number of ether oxygens (including phenoxy) is 1. The second-order valence-electron chi connectivity index (χ2n) is 11.0. The minimum atomic E-state index is -0.952. The summed E-state index contributed by atoms with van der Waals surface area (Å²) in [6, 6.07) is 2.18. The number of amides is 2. The Morgan fingerprint density at radius 3 is 2.67 bits per heavy atom. The predicted molar refractivity (Wildman–Crippen MR) is 139 cm³/mol. The summed E-state index contributed by atoms with van der Waals surface area (Å²) in [7, 11) is 0. The normalized spacial score (nSPS) is 23.4. The van der Waals surface area contributed by atoms with Crippen molar-refractivity contribution in [3.8, 4) is 5.75 Å². The number of rotatable bonds is 5. The summed E-state index contributed by atoms with van der Waals surface area (Å²) < 4.78 is 34.5. The Balaban J connectivity index is 1.63. The van der Waals surface area contributed by atoms with E-state index < -0.39 is 63.7 Å². The summed E-state index contributed by atoms with van der Waals surface area (Å²) in [4.78, 5) is 61.0. The molecule has 5 rings (SSSR count). The topological polar surface area (TPSA) is 119 Å². The summed E-state index contributed by atoms with van der Waals surface area (Å²) in [5.74, 6) is -4.92. The molecule has 2 bridgehead atoms. The molecule has 0 radical (unpaired) electrons. The van der Waals surface area contributed by atoms with Crippen LogP contribution in [0.15, 0.2) is 34.3 Å². The zero-order chi connectivity index (χ0) is 28.9. The van der Waals surface area contributed by atoms with Crippen LogP contribution in [0.3, 0.4) is 0 Å². The molecule has 1 aromatic carbocycles. The van der Waals surface area contributed by atoms with Gasteiger partial charge in [0, 0.05) is 43.4 Å². The lowest BCUT2D eigenvalue weighted by Crippen LogP contribution is -2.52. The van der Waals surface area contributed by atoms with Gasteiger partial charge >= 0.3 is 5.97 Å². The summed E-state index contributed by atoms with van der Waals surface area (Å²) >= 11 is 0. The number of pyridine rings is 1. The molecule has 212 valence electrons. The van der Waals surface area contributed by atoms with Crippen molar-refractivity contribution in [1.82, 2.24) is 14.8 Å². The van der Waals surface area contributed by atoms with E-state index in [1.807, 2.05) is 13.8 Å². The summed E-state index contributed by atoms with van der Waals surface area (Å²) in [6.45, 7) is 6.80. The fourth-order valence-corrected chi connectivity index (χ4v) is 5.52. The molecule has 12 heteroatoms. The maximum atomic E-state index is 14.2. The van der Waals surface area contributed by atoms with Crippen LogP contribution in [0.25, 0.3) is 0 Å². The van der Waals surface area contributed by atoms with E-state index in [0.717, 1.165) is 11.8 Å². The number of carbonyl (C=O) groups is 3. The van der Waals surface area contributed by atoms with Gasteiger partial charge in [0.2, 0.25) is 11.2 Å². The fourth-order valence-electron chi connectivity index (χ4n) is 5.52. The van der Waals surface area contributed by atoms with Crippen LogP contribution in [-0.4, -0.2) is 51.2 Å². The lowest BCUT2D eigenvalue weighted by atomic mass is 9.84. The van der Waals surface area contributed by atoms with Gasteiger partial charge in [-0.3, -0.25) is 19.2 Å². The van der Waals surface area contributed by atoms with Crippen LogP contribution in [0.1, 0.15) is 79.4 Å². The molecular formula is C28H30F2N4O6.